The van der Waals surface area contributed by atoms with Crippen LogP contribution in [0.5, 0.6) is 0 Å². The minimum absolute atomic E-state index is 0.0490. The predicted molar refractivity (Wildman–Crippen MR) is 119 cm³/mol. The summed E-state index contributed by atoms with van der Waals surface area (Å²) in [6.07, 6.45) is 5.34. The molecule has 1 aliphatic carbocycles. The number of nitrogens with zero attached hydrogens (tertiary/aromatic N) is 5. The third-order valence-corrected chi connectivity index (χ3v) is 6.97. The van der Waals surface area contributed by atoms with Crippen molar-refractivity contribution >= 4 is 22.7 Å². The highest BCUT2D eigenvalue weighted by atomic mass is 16.2. The van der Waals surface area contributed by atoms with Crippen molar-refractivity contribution in [1.29, 1.82) is 0 Å². The van der Waals surface area contributed by atoms with Gasteiger partial charge in [-0.1, -0.05) is 20.8 Å². The Bertz CT molecular complexity index is 1200. The number of primary amides is 1. The number of nitrogens with one attached hydrogen (secondary N) is 1. The van der Waals surface area contributed by atoms with E-state index >= 15 is 0 Å². The zero-order valence-electron chi connectivity index (χ0n) is 18.8. The van der Waals surface area contributed by atoms with Crippen molar-refractivity contribution in [2.75, 3.05) is 6.54 Å². The highest BCUT2D eigenvalue weighted by molar-refractivity contribution is 6.03. The number of carbonyl (C=O) groups is 2. The van der Waals surface area contributed by atoms with Crippen molar-refractivity contribution in [1.82, 2.24) is 30.1 Å². The lowest BCUT2D eigenvalue weighted by atomic mass is 9.65. The summed E-state index contributed by atoms with van der Waals surface area (Å²) in [4.78, 5) is 27.1. The van der Waals surface area contributed by atoms with E-state index in [0.29, 0.717) is 23.5 Å². The summed E-state index contributed by atoms with van der Waals surface area (Å²) in [6.45, 7) is 8.15. The van der Waals surface area contributed by atoms with E-state index in [4.69, 9.17) is 5.73 Å². The maximum absolute atomic E-state index is 13.7. The molecule has 5 rings (SSSR count). The van der Waals surface area contributed by atoms with Crippen molar-refractivity contribution in [3.8, 4) is 11.4 Å². The molecule has 32 heavy (non-hydrogen) atoms. The molecule has 3 aromatic rings. The Hall–Kier alpha value is -3.23. The molecule has 9 nitrogen and oxygen atoms in total. The minimum atomic E-state index is -0.365. The van der Waals surface area contributed by atoms with Gasteiger partial charge in [-0.2, -0.15) is 5.21 Å². The van der Waals surface area contributed by atoms with Gasteiger partial charge < -0.3 is 15.2 Å². The number of likely N-dealkylation sites (tertiary alicyclic amines) is 1. The van der Waals surface area contributed by atoms with E-state index in [9.17, 15) is 9.59 Å². The average Bonchev–Trinajstić information content (AvgIpc) is 3.42. The molecule has 9 heteroatoms. The second-order valence-electron chi connectivity index (χ2n) is 10.6. The van der Waals surface area contributed by atoms with Crippen molar-refractivity contribution in [3.63, 3.8) is 0 Å². The van der Waals surface area contributed by atoms with Gasteiger partial charge in [0.05, 0.1) is 5.52 Å². The van der Waals surface area contributed by atoms with Crippen molar-refractivity contribution in [2.45, 2.75) is 59.0 Å². The number of H-pyrrole nitrogens is 1. The Morgan fingerprint density at radius 2 is 2.06 bits per heavy atom. The second-order valence-corrected chi connectivity index (χ2v) is 10.6. The molecule has 2 aromatic heterocycles. The van der Waals surface area contributed by atoms with Gasteiger partial charge in [0.1, 0.15) is 0 Å². The molecular weight excluding hydrogens is 406 g/mol. The number of benzene rings is 1. The standard InChI is InChI=1S/C23H29N7O2/c1-22(2)10-16-11-23(3,12-22)13-30(16)21(32)15-8-14-4-6-29(7-5-18(24)31)19(14)17(9-15)20-25-27-28-26-20/h4,6,8-9,16H,5,7,10-13H2,1-3H3,(H2,24,31)(H,25,26,27,28). The Morgan fingerprint density at radius 1 is 1.25 bits per heavy atom. The molecule has 1 saturated heterocycles. The van der Waals surface area contributed by atoms with Gasteiger partial charge in [-0.3, -0.25) is 9.59 Å². The number of amides is 2. The van der Waals surface area contributed by atoms with Gasteiger partial charge >= 0.3 is 0 Å². The topological polar surface area (TPSA) is 123 Å². The zero-order valence-corrected chi connectivity index (χ0v) is 18.8. The van der Waals surface area contributed by atoms with Crippen LogP contribution in [0.4, 0.5) is 0 Å². The summed E-state index contributed by atoms with van der Waals surface area (Å²) in [7, 11) is 0. The molecular formula is C23H29N7O2. The predicted octanol–water partition coefficient (Wildman–Crippen LogP) is 2.74. The largest absolute Gasteiger partial charge is 0.370 e. The Labute approximate surface area is 186 Å². The molecule has 2 atom stereocenters. The lowest BCUT2D eigenvalue weighted by Gasteiger charge is -2.39. The first-order chi connectivity index (χ1) is 15.1. The van der Waals surface area contributed by atoms with Crippen molar-refractivity contribution in [3.05, 3.63) is 30.0 Å². The number of tetrazole rings is 1. The first kappa shape index (κ1) is 20.7. The van der Waals surface area contributed by atoms with Crippen molar-refractivity contribution in [2.24, 2.45) is 16.6 Å². The third-order valence-electron chi connectivity index (χ3n) is 6.97. The summed E-state index contributed by atoms with van der Waals surface area (Å²) >= 11 is 0. The fraction of sp³-hybridized carbons (Fsp3) is 0.522. The molecule has 2 aliphatic rings. The van der Waals surface area contributed by atoms with Gasteiger partial charge in [0, 0.05) is 48.3 Å². The number of aromatic amines is 1. The molecule has 3 heterocycles. The number of hydrogen-bond acceptors (Lipinski definition) is 5. The fourth-order valence-electron chi connectivity index (χ4n) is 6.20. The van der Waals surface area contributed by atoms with E-state index < -0.39 is 0 Å². The minimum Gasteiger partial charge on any atom is -0.370 e. The molecule has 2 amide bonds. The molecule has 1 aromatic carbocycles. The summed E-state index contributed by atoms with van der Waals surface area (Å²) in [5.74, 6) is 0.0984. The molecule has 3 N–H and O–H groups in total. The van der Waals surface area contributed by atoms with Crippen LogP contribution in [0.2, 0.25) is 0 Å². The monoisotopic (exact) mass is 435 g/mol. The van der Waals surface area contributed by atoms with Crippen LogP contribution in [0.1, 0.15) is 56.8 Å². The number of nitrogens with two attached hydrogens (primary N) is 1. The first-order valence-electron chi connectivity index (χ1n) is 11.1. The van der Waals surface area contributed by atoms with Crippen LogP contribution < -0.4 is 5.73 Å². The summed E-state index contributed by atoms with van der Waals surface area (Å²) < 4.78 is 1.95. The van der Waals surface area contributed by atoms with Gasteiger partial charge in [-0.15, -0.1) is 10.2 Å². The maximum Gasteiger partial charge on any atom is 0.254 e. The van der Waals surface area contributed by atoms with E-state index in [0.717, 1.165) is 36.7 Å². The van der Waals surface area contributed by atoms with E-state index in [2.05, 4.69) is 46.3 Å². The van der Waals surface area contributed by atoms with Crippen LogP contribution in [-0.4, -0.2) is 54.5 Å². The van der Waals surface area contributed by atoms with Crippen LogP contribution in [0, 0.1) is 10.8 Å². The molecule has 2 unspecified atom stereocenters. The van der Waals surface area contributed by atoms with E-state index in [1.807, 2.05) is 29.0 Å². The quantitative estimate of drug-likeness (QED) is 0.638. The Morgan fingerprint density at radius 3 is 2.78 bits per heavy atom. The van der Waals surface area contributed by atoms with Crippen LogP contribution in [0.15, 0.2) is 24.4 Å². The molecule has 2 bridgehead atoms. The fourth-order valence-corrected chi connectivity index (χ4v) is 6.20. The normalized spacial score (nSPS) is 24.2. The van der Waals surface area contributed by atoms with Gasteiger partial charge in [0.2, 0.25) is 11.7 Å². The number of aromatic nitrogens is 5. The van der Waals surface area contributed by atoms with E-state index in [1.165, 1.54) is 0 Å². The SMILES string of the molecule is CC1(C)CC2CC(C)(CN2C(=O)c2cc(-c3nn[nH]n3)c3c(ccn3CCC(N)=O)c2)C1. The van der Waals surface area contributed by atoms with Gasteiger partial charge in [-0.25, -0.2) is 0 Å². The van der Waals surface area contributed by atoms with Gasteiger partial charge in [0.25, 0.3) is 5.91 Å². The average molecular weight is 436 g/mol. The van der Waals surface area contributed by atoms with Crippen LogP contribution in [0.25, 0.3) is 22.3 Å². The van der Waals surface area contributed by atoms with Crippen LogP contribution in [0.3, 0.4) is 0 Å². The molecule has 1 aliphatic heterocycles. The van der Waals surface area contributed by atoms with E-state index in [1.54, 1.807) is 0 Å². The lowest BCUT2D eigenvalue weighted by molar-refractivity contribution is -0.118. The number of fused-ring (bicyclic) bond motifs is 3. The second kappa shape index (κ2) is 7.15. The zero-order chi connectivity index (χ0) is 22.7. The van der Waals surface area contributed by atoms with E-state index in [-0.39, 0.29) is 35.1 Å². The lowest BCUT2D eigenvalue weighted by Crippen LogP contribution is -2.37. The molecule has 168 valence electrons. The summed E-state index contributed by atoms with van der Waals surface area (Å²) in [5, 5.41) is 15.4. The van der Waals surface area contributed by atoms with Crippen LogP contribution >= 0.6 is 0 Å². The van der Waals surface area contributed by atoms with Gasteiger partial charge in [0.15, 0.2) is 0 Å². The van der Waals surface area contributed by atoms with Crippen molar-refractivity contribution < 1.29 is 9.59 Å². The Kier molecular flexibility index (Phi) is 4.61. The number of rotatable bonds is 5. The van der Waals surface area contributed by atoms with Gasteiger partial charge in [-0.05, 0) is 53.5 Å². The summed E-state index contributed by atoms with van der Waals surface area (Å²) in [5.41, 5.74) is 7.95. The number of hydrogen-bond donors (Lipinski definition) is 2. The molecule has 1 saturated carbocycles. The molecule has 0 spiro atoms. The molecule has 2 fully saturated rings. The third kappa shape index (κ3) is 3.55. The van der Waals surface area contributed by atoms with Crippen LogP contribution in [-0.2, 0) is 11.3 Å². The maximum atomic E-state index is 13.7. The number of aryl methyl sites for hydroxylation is 1. The Balaban J connectivity index is 1.55. The summed E-state index contributed by atoms with van der Waals surface area (Å²) in [6, 6.07) is 5.99. The number of carbonyl (C=O) groups excluding carboxylic acids is 2. The molecule has 0 radical (unpaired) electrons. The smallest absolute Gasteiger partial charge is 0.254 e. The first-order valence-corrected chi connectivity index (χ1v) is 11.1. The highest BCUT2D eigenvalue weighted by Crippen LogP contribution is 2.52. The highest BCUT2D eigenvalue weighted by Gasteiger charge is 2.51.